The average molecular weight is 275 g/mol. The van der Waals surface area contributed by atoms with Gasteiger partial charge in [0.15, 0.2) is 0 Å². The Morgan fingerprint density at radius 3 is 3.00 bits per heavy atom. The maximum Gasteiger partial charge on any atom is 0.109 e. The van der Waals surface area contributed by atoms with Gasteiger partial charge in [-0.3, -0.25) is 9.58 Å². The summed E-state index contributed by atoms with van der Waals surface area (Å²) in [4.78, 5) is 6.81. The van der Waals surface area contributed by atoms with E-state index in [4.69, 9.17) is 0 Å². The van der Waals surface area contributed by atoms with Crippen molar-refractivity contribution in [1.82, 2.24) is 24.2 Å². The highest BCUT2D eigenvalue weighted by atomic mass is 16.3. The van der Waals surface area contributed by atoms with Gasteiger partial charge >= 0.3 is 0 Å². The molecule has 0 fully saturated rings. The van der Waals surface area contributed by atoms with Gasteiger partial charge in [0.05, 0.1) is 18.0 Å². The average Bonchev–Trinajstić information content (AvgIpc) is 2.98. The summed E-state index contributed by atoms with van der Waals surface area (Å²) < 4.78 is 4.11. The summed E-state index contributed by atoms with van der Waals surface area (Å²) in [5.41, 5.74) is 1.97. The molecule has 20 heavy (non-hydrogen) atoms. The molecule has 0 spiro atoms. The number of hydrogen-bond acceptors (Lipinski definition) is 4. The molecule has 0 bridgehead atoms. The maximum atomic E-state index is 9.18. The zero-order valence-corrected chi connectivity index (χ0v) is 11.9. The molecule has 0 radical (unpaired) electrons. The van der Waals surface area contributed by atoms with Crippen LogP contribution in [0.15, 0.2) is 18.5 Å². The molecule has 2 aromatic rings. The Hall–Kier alpha value is -1.66. The fourth-order valence-electron chi connectivity index (χ4n) is 2.75. The van der Waals surface area contributed by atoms with Crippen LogP contribution in [0.4, 0.5) is 0 Å². The largest absolute Gasteiger partial charge is 0.390 e. The fourth-order valence-corrected chi connectivity index (χ4v) is 2.75. The van der Waals surface area contributed by atoms with Gasteiger partial charge in [0.2, 0.25) is 0 Å². The van der Waals surface area contributed by atoms with Crippen molar-refractivity contribution in [3.63, 3.8) is 0 Å². The Labute approximate surface area is 118 Å². The highest BCUT2D eigenvalue weighted by molar-refractivity contribution is 5.10. The van der Waals surface area contributed by atoms with Gasteiger partial charge in [-0.2, -0.15) is 5.10 Å². The van der Waals surface area contributed by atoms with Crippen molar-refractivity contribution in [1.29, 1.82) is 0 Å². The Balaban J connectivity index is 1.64. The highest BCUT2D eigenvalue weighted by Crippen LogP contribution is 2.14. The molecule has 3 heterocycles. The zero-order chi connectivity index (χ0) is 13.9. The van der Waals surface area contributed by atoms with Crippen LogP contribution in [0, 0.1) is 0 Å². The number of aliphatic hydroxyl groups is 1. The monoisotopic (exact) mass is 275 g/mol. The van der Waals surface area contributed by atoms with E-state index in [2.05, 4.69) is 19.5 Å². The van der Waals surface area contributed by atoms with Crippen LogP contribution < -0.4 is 0 Å². The van der Waals surface area contributed by atoms with E-state index in [-0.39, 0.29) is 6.61 Å². The highest BCUT2D eigenvalue weighted by Gasteiger charge is 2.16. The van der Waals surface area contributed by atoms with Crippen LogP contribution in [-0.4, -0.2) is 42.4 Å². The van der Waals surface area contributed by atoms with Gasteiger partial charge in [-0.1, -0.05) is 0 Å². The number of imidazole rings is 1. The minimum Gasteiger partial charge on any atom is -0.390 e. The number of hydrogen-bond donors (Lipinski definition) is 1. The van der Waals surface area contributed by atoms with Gasteiger partial charge in [0, 0.05) is 52.0 Å². The summed E-state index contributed by atoms with van der Waals surface area (Å²) in [5.74, 6) is 1.12. The fraction of sp³-hybridized carbons (Fsp3) is 0.571. The Morgan fingerprint density at radius 1 is 1.35 bits per heavy atom. The molecule has 6 nitrogen and oxygen atoms in total. The van der Waals surface area contributed by atoms with Crippen LogP contribution in [0.2, 0.25) is 0 Å². The first kappa shape index (κ1) is 13.3. The van der Waals surface area contributed by atoms with Crippen molar-refractivity contribution >= 4 is 0 Å². The van der Waals surface area contributed by atoms with Gasteiger partial charge in [0.1, 0.15) is 5.82 Å². The number of aryl methyl sites for hydroxylation is 2. The van der Waals surface area contributed by atoms with Crippen molar-refractivity contribution in [2.24, 2.45) is 7.05 Å². The molecular formula is C14H21N5O. The Kier molecular flexibility index (Phi) is 3.84. The standard InChI is InChI=1S/C14H21N5O/c1-17-8-4-15-14(17)3-7-18-5-2-6-19-13(10-18)9-12(11-20)16-19/h4,8-9,20H,2-3,5-7,10-11H2,1H3. The SMILES string of the molecule is Cn1ccnc1CCN1CCCn2nc(CO)cc2C1. The first-order valence-corrected chi connectivity index (χ1v) is 7.11. The molecule has 1 aliphatic rings. The molecule has 0 saturated carbocycles. The van der Waals surface area contributed by atoms with Crippen LogP contribution in [-0.2, 0) is 33.2 Å². The molecule has 0 amide bonds. The summed E-state index contributed by atoms with van der Waals surface area (Å²) in [6.45, 7) is 3.95. The molecule has 0 atom stereocenters. The van der Waals surface area contributed by atoms with Crippen molar-refractivity contribution < 1.29 is 5.11 Å². The summed E-state index contributed by atoms with van der Waals surface area (Å²) >= 11 is 0. The Morgan fingerprint density at radius 2 is 2.25 bits per heavy atom. The smallest absolute Gasteiger partial charge is 0.109 e. The number of nitrogens with zero attached hydrogens (tertiary/aromatic N) is 5. The summed E-state index contributed by atoms with van der Waals surface area (Å²) in [6, 6.07) is 2.01. The lowest BCUT2D eigenvalue weighted by atomic mass is 10.3. The first-order valence-electron chi connectivity index (χ1n) is 7.11. The summed E-state index contributed by atoms with van der Waals surface area (Å²) in [6.07, 6.45) is 5.89. The molecule has 1 N–H and O–H groups in total. The predicted octanol–water partition coefficient (Wildman–Crippen LogP) is 0.557. The van der Waals surface area contributed by atoms with Gasteiger partial charge in [-0.15, -0.1) is 0 Å². The lowest BCUT2D eigenvalue weighted by Gasteiger charge is -2.19. The van der Waals surface area contributed by atoms with Crippen molar-refractivity contribution in [3.8, 4) is 0 Å². The van der Waals surface area contributed by atoms with Gasteiger partial charge in [0.25, 0.3) is 0 Å². The van der Waals surface area contributed by atoms with E-state index in [0.717, 1.165) is 50.5 Å². The third-order valence-corrected chi connectivity index (χ3v) is 3.88. The minimum atomic E-state index is 0.0211. The van der Waals surface area contributed by atoms with Crippen molar-refractivity contribution in [2.75, 3.05) is 13.1 Å². The number of aliphatic hydroxyl groups excluding tert-OH is 1. The van der Waals surface area contributed by atoms with E-state index in [1.165, 1.54) is 5.69 Å². The van der Waals surface area contributed by atoms with Crippen molar-refractivity contribution in [2.45, 2.75) is 32.5 Å². The molecule has 1 aliphatic heterocycles. The summed E-state index contributed by atoms with van der Waals surface area (Å²) in [7, 11) is 2.04. The maximum absolute atomic E-state index is 9.18. The van der Waals surface area contributed by atoms with E-state index in [1.54, 1.807) is 0 Å². The second kappa shape index (κ2) is 5.76. The van der Waals surface area contributed by atoms with Crippen LogP contribution in [0.5, 0.6) is 0 Å². The van der Waals surface area contributed by atoms with Gasteiger partial charge in [-0.05, 0) is 12.5 Å². The molecule has 3 rings (SSSR count). The lowest BCUT2D eigenvalue weighted by molar-refractivity contribution is 0.268. The molecule has 0 aromatic carbocycles. The quantitative estimate of drug-likeness (QED) is 0.885. The summed E-state index contributed by atoms with van der Waals surface area (Å²) in [5, 5.41) is 13.6. The van der Waals surface area contributed by atoms with Gasteiger partial charge < -0.3 is 9.67 Å². The predicted molar refractivity (Wildman–Crippen MR) is 75.0 cm³/mol. The second-order valence-corrected chi connectivity index (χ2v) is 5.34. The normalized spacial score (nSPS) is 16.1. The molecule has 2 aromatic heterocycles. The third kappa shape index (κ3) is 2.76. The Bertz CT molecular complexity index is 574. The molecular weight excluding hydrogens is 254 g/mol. The van der Waals surface area contributed by atoms with Crippen LogP contribution in [0.3, 0.4) is 0 Å². The van der Waals surface area contributed by atoms with E-state index < -0.39 is 0 Å². The van der Waals surface area contributed by atoms with Crippen LogP contribution in [0.25, 0.3) is 0 Å². The van der Waals surface area contributed by atoms with E-state index in [9.17, 15) is 5.11 Å². The molecule has 0 aliphatic carbocycles. The topological polar surface area (TPSA) is 59.1 Å². The zero-order valence-electron chi connectivity index (χ0n) is 11.9. The van der Waals surface area contributed by atoms with Crippen LogP contribution >= 0.6 is 0 Å². The minimum absolute atomic E-state index is 0.0211. The van der Waals surface area contributed by atoms with E-state index in [1.807, 2.05) is 30.2 Å². The number of aromatic nitrogens is 4. The molecule has 0 unspecified atom stereocenters. The number of fused-ring (bicyclic) bond motifs is 1. The molecule has 108 valence electrons. The number of rotatable bonds is 4. The second-order valence-electron chi connectivity index (χ2n) is 5.34. The van der Waals surface area contributed by atoms with E-state index >= 15 is 0 Å². The van der Waals surface area contributed by atoms with Gasteiger partial charge in [-0.25, -0.2) is 4.98 Å². The van der Waals surface area contributed by atoms with Crippen LogP contribution in [0.1, 0.15) is 23.6 Å². The van der Waals surface area contributed by atoms with E-state index in [0.29, 0.717) is 0 Å². The van der Waals surface area contributed by atoms with Crippen molar-refractivity contribution in [3.05, 3.63) is 35.7 Å². The lowest BCUT2D eigenvalue weighted by Crippen LogP contribution is -2.26. The third-order valence-electron chi connectivity index (χ3n) is 3.88. The first-order chi connectivity index (χ1) is 9.76. The molecule has 0 saturated heterocycles. The molecule has 6 heteroatoms.